The molecule has 0 saturated carbocycles. The van der Waals surface area contributed by atoms with Crippen molar-refractivity contribution in [1.29, 1.82) is 0 Å². The Kier molecular flexibility index (Phi) is 6.96. The average Bonchev–Trinajstić information content (AvgIpc) is 3.86. The lowest BCUT2D eigenvalue weighted by Crippen LogP contribution is -2.20. The Hall–Kier alpha value is -5.22. The van der Waals surface area contributed by atoms with E-state index in [1.807, 2.05) is 22.7 Å². The molecule has 0 saturated heterocycles. The van der Waals surface area contributed by atoms with Crippen LogP contribution in [0.2, 0.25) is 0 Å². The summed E-state index contributed by atoms with van der Waals surface area (Å²) in [6.07, 6.45) is 0. The summed E-state index contributed by atoms with van der Waals surface area (Å²) in [4.78, 5) is 0. The van der Waals surface area contributed by atoms with Crippen LogP contribution in [0.1, 0.15) is 77.6 Å². The van der Waals surface area contributed by atoms with Crippen molar-refractivity contribution < 1.29 is 4.42 Å². The molecule has 3 heterocycles. The maximum Gasteiger partial charge on any atom is 0.136 e. The summed E-state index contributed by atoms with van der Waals surface area (Å²) in [6.45, 7) is 18.9. The van der Waals surface area contributed by atoms with Crippen molar-refractivity contribution in [3.05, 3.63) is 144 Å². The van der Waals surface area contributed by atoms with E-state index in [0.717, 1.165) is 11.2 Å². The van der Waals surface area contributed by atoms with Crippen LogP contribution in [-0.2, 0) is 16.2 Å². The van der Waals surface area contributed by atoms with Gasteiger partial charge in [-0.15, -0.1) is 22.7 Å². The van der Waals surface area contributed by atoms with E-state index in [1.165, 1.54) is 107 Å². The summed E-state index contributed by atoms with van der Waals surface area (Å²) in [6, 6.07) is 46.1. The highest BCUT2D eigenvalue weighted by atomic mass is 32.1. The lowest BCUT2D eigenvalue weighted by Gasteiger charge is -2.30. The number of thiophene rings is 2. The molecule has 1 aliphatic rings. The first-order valence-corrected chi connectivity index (χ1v) is 21.5. The Bertz CT molecular complexity index is 3290. The first kappa shape index (κ1) is 34.1. The van der Waals surface area contributed by atoms with Gasteiger partial charge in [-0.1, -0.05) is 146 Å². The van der Waals surface area contributed by atoms with E-state index in [9.17, 15) is 0 Å². The summed E-state index contributed by atoms with van der Waals surface area (Å²) in [5.74, 6) is 0. The van der Waals surface area contributed by atoms with Crippen molar-refractivity contribution in [2.24, 2.45) is 0 Å². The number of fused-ring (bicyclic) bond motifs is 9. The van der Waals surface area contributed by atoms with Crippen LogP contribution < -0.4 is 0 Å². The minimum Gasteiger partial charge on any atom is -0.456 e. The van der Waals surface area contributed by atoms with Crippen LogP contribution >= 0.6 is 22.7 Å². The van der Waals surface area contributed by atoms with E-state index in [4.69, 9.17) is 4.42 Å². The summed E-state index contributed by atoms with van der Waals surface area (Å²) < 4.78 is 12.0. The topological polar surface area (TPSA) is 13.1 Å². The van der Waals surface area contributed by atoms with Crippen LogP contribution in [0.3, 0.4) is 0 Å². The van der Waals surface area contributed by atoms with Crippen molar-refractivity contribution >= 4 is 85.0 Å². The number of hydrogen-bond donors (Lipinski definition) is 0. The fraction of sp³-hybridized carbons (Fsp3) is 0.208. The normalized spacial score (nSPS) is 14.2. The predicted molar refractivity (Wildman–Crippen MR) is 245 cm³/mol. The molecule has 3 heteroatoms. The fourth-order valence-corrected chi connectivity index (χ4v) is 12.5. The van der Waals surface area contributed by atoms with Crippen molar-refractivity contribution in [2.45, 2.75) is 71.6 Å². The van der Waals surface area contributed by atoms with Crippen molar-refractivity contribution in [2.75, 3.05) is 0 Å². The van der Waals surface area contributed by atoms with Crippen LogP contribution in [0.15, 0.2) is 126 Å². The van der Waals surface area contributed by atoms with E-state index >= 15 is 0 Å². The summed E-state index contributed by atoms with van der Waals surface area (Å²) in [5, 5.41) is 7.92. The maximum atomic E-state index is 6.49. The first-order chi connectivity index (χ1) is 26.8. The molecule has 7 aromatic carbocycles. The van der Waals surface area contributed by atoms with Gasteiger partial charge in [0.2, 0.25) is 0 Å². The lowest BCUT2D eigenvalue weighted by atomic mass is 9.73. The minimum atomic E-state index is -0.228. The molecule has 0 fully saturated rings. The van der Waals surface area contributed by atoms with E-state index in [0.29, 0.717) is 0 Å². The molecular weight excluding hydrogens is 717 g/mol. The average molecular weight is 761 g/mol. The third-order valence-corrected chi connectivity index (χ3v) is 14.9. The van der Waals surface area contributed by atoms with E-state index in [1.54, 1.807) is 0 Å². The number of furan rings is 1. The second-order valence-electron chi connectivity index (χ2n) is 18.5. The van der Waals surface area contributed by atoms with E-state index in [-0.39, 0.29) is 16.2 Å². The van der Waals surface area contributed by atoms with Gasteiger partial charge in [0.15, 0.2) is 0 Å². The van der Waals surface area contributed by atoms with Crippen LogP contribution in [-0.4, -0.2) is 0 Å². The van der Waals surface area contributed by atoms with Gasteiger partial charge < -0.3 is 4.42 Å². The fourth-order valence-electron chi connectivity index (χ4n) is 9.76. The molecule has 0 N–H and O–H groups in total. The summed E-state index contributed by atoms with van der Waals surface area (Å²) in [5.41, 5.74) is 14.8. The van der Waals surface area contributed by atoms with Gasteiger partial charge in [0, 0.05) is 56.5 Å². The van der Waals surface area contributed by atoms with Crippen LogP contribution in [0.25, 0.3) is 95.7 Å². The molecule has 0 unspecified atom stereocenters. The Morgan fingerprint density at radius 2 is 1.18 bits per heavy atom. The Morgan fingerprint density at radius 3 is 1.96 bits per heavy atom. The minimum absolute atomic E-state index is 0.0169. The molecule has 2 bridgehead atoms. The smallest absolute Gasteiger partial charge is 0.136 e. The maximum absolute atomic E-state index is 6.49. The Labute approximate surface area is 336 Å². The molecule has 274 valence electrons. The zero-order valence-corrected chi connectivity index (χ0v) is 34.9. The van der Waals surface area contributed by atoms with E-state index < -0.39 is 0 Å². The Balaban J connectivity index is 1.16. The second kappa shape index (κ2) is 11.4. The quantitative estimate of drug-likeness (QED) is 0.171. The number of rotatable bonds is 2. The van der Waals surface area contributed by atoms with Gasteiger partial charge in [0.05, 0.1) is 0 Å². The largest absolute Gasteiger partial charge is 0.456 e. The van der Waals surface area contributed by atoms with Gasteiger partial charge in [-0.05, 0) is 96.8 Å². The highest BCUT2D eigenvalue weighted by Crippen LogP contribution is 2.51. The zero-order valence-electron chi connectivity index (χ0n) is 33.3. The zero-order chi connectivity index (χ0) is 38.5. The Morgan fingerprint density at radius 1 is 0.482 bits per heavy atom. The van der Waals surface area contributed by atoms with Gasteiger partial charge in [0.1, 0.15) is 11.2 Å². The molecule has 0 spiro atoms. The molecular formula is C53H44OS2. The first-order valence-electron chi connectivity index (χ1n) is 19.8. The van der Waals surface area contributed by atoms with Gasteiger partial charge in [0.25, 0.3) is 0 Å². The van der Waals surface area contributed by atoms with Crippen LogP contribution in [0, 0.1) is 0 Å². The molecule has 0 radical (unpaired) electrons. The molecule has 10 aromatic rings. The van der Waals surface area contributed by atoms with Crippen LogP contribution in [0.4, 0.5) is 0 Å². The molecule has 1 aliphatic carbocycles. The second-order valence-corrected chi connectivity index (χ2v) is 20.6. The highest BCUT2D eigenvalue weighted by Gasteiger charge is 2.32. The van der Waals surface area contributed by atoms with Crippen molar-refractivity contribution in [3.8, 4) is 33.4 Å². The lowest BCUT2D eigenvalue weighted by molar-refractivity contribution is 0.596. The van der Waals surface area contributed by atoms with Gasteiger partial charge >= 0.3 is 0 Å². The van der Waals surface area contributed by atoms with Gasteiger partial charge in [-0.2, -0.15) is 0 Å². The van der Waals surface area contributed by atoms with Crippen LogP contribution in [0.5, 0.6) is 0 Å². The highest BCUT2D eigenvalue weighted by molar-refractivity contribution is 7.26. The number of benzene rings is 7. The van der Waals surface area contributed by atoms with Gasteiger partial charge in [-0.25, -0.2) is 0 Å². The predicted octanol–water partition coefficient (Wildman–Crippen LogP) is 16.6. The van der Waals surface area contributed by atoms with Crippen molar-refractivity contribution in [1.82, 2.24) is 0 Å². The SMILES string of the molecule is CC(C)(C)c1c(-c2ccc3c(c2)sc2c(-c4cc5cc(c4)C(C)(C)c4cccc6oc7cccc-5c7c46)ccc(C(C)(C)C)c23)ccc2c1sc1ccccc12. The van der Waals surface area contributed by atoms with E-state index in [2.05, 4.69) is 177 Å². The monoisotopic (exact) mass is 760 g/mol. The molecule has 56 heavy (non-hydrogen) atoms. The molecule has 11 rings (SSSR count). The third-order valence-electron chi connectivity index (χ3n) is 12.5. The molecule has 3 aromatic heterocycles. The van der Waals surface area contributed by atoms with Crippen molar-refractivity contribution in [3.63, 3.8) is 0 Å². The molecule has 0 atom stereocenters. The molecule has 0 aliphatic heterocycles. The summed E-state index contributed by atoms with van der Waals surface area (Å²) >= 11 is 3.90. The molecule has 0 amide bonds. The third kappa shape index (κ3) is 4.77. The van der Waals surface area contributed by atoms with Gasteiger partial charge in [-0.3, -0.25) is 0 Å². The summed E-state index contributed by atoms with van der Waals surface area (Å²) in [7, 11) is 0. The molecule has 1 nitrogen and oxygen atoms in total. The standard InChI is InChI=1S/C53H44OS2/c1-51(2,3)39-24-23-35(31-25-30-26-32(27-31)53(7,8)40-15-12-17-42-47(40)46-33(30)14-11-16-41(46)54-42)49-45(39)38-20-19-29(28-44(38)56-49)34-21-22-37-36-13-9-10-18-43(36)55-50(37)48(34)52(4,5)6/h9-28H,1-8H3. The number of hydrogen-bond acceptors (Lipinski definition) is 3.